The lowest BCUT2D eigenvalue weighted by molar-refractivity contribution is 0.262. The number of carbonyl (C=O) groups excluding carboxylic acids is 1. The third kappa shape index (κ3) is 3.83. The number of H-pyrrole nitrogens is 1. The molecule has 0 saturated carbocycles. The minimum absolute atomic E-state index is 0.0653. The predicted molar refractivity (Wildman–Crippen MR) is 99.7 cm³/mol. The van der Waals surface area contributed by atoms with Crippen molar-refractivity contribution in [2.75, 3.05) is 22.0 Å². The van der Waals surface area contributed by atoms with Gasteiger partial charge < -0.3 is 15.6 Å². The van der Waals surface area contributed by atoms with Crippen LogP contribution in [-0.2, 0) is 10.0 Å². The molecular weight excluding hydrogens is 354 g/mol. The van der Waals surface area contributed by atoms with Crippen LogP contribution in [0.25, 0.3) is 0 Å². The summed E-state index contributed by atoms with van der Waals surface area (Å²) in [5, 5.41) is 5.32. The maximum atomic E-state index is 12.4. The lowest BCUT2D eigenvalue weighted by atomic mass is 10.3. The second-order valence-electron chi connectivity index (χ2n) is 5.37. The molecule has 0 aliphatic heterocycles. The van der Waals surface area contributed by atoms with Crippen molar-refractivity contribution in [3.05, 3.63) is 67.1 Å². The Hall–Kier alpha value is -3.33. The van der Waals surface area contributed by atoms with Crippen LogP contribution < -0.4 is 14.9 Å². The minimum atomic E-state index is -3.73. The molecule has 1 heterocycles. The lowest BCUT2D eigenvalue weighted by Gasteiger charge is -2.18. The van der Waals surface area contributed by atoms with E-state index >= 15 is 0 Å². The highest BCUT2D eigenvalue weighted by molar-refractivity contribution is 7.92. The van der Waals surface area contributed by atoms with Gasteiger partial charge in [0, 0.05) is 24.6 Å². The van der Waals surface area contributed by atoms with E-state index in [0.717, 1.165) is 4.31 Å². The monoisotopic (exact) mass is 371 g/mol. The number of nitrogens with zero attached hydrogens (tertiary/aromatic N) is 2. The summed E-state index contributed by atoms with van der Waals surface area (Å²) in [7, 11) is -2.29. The largest absolute Gasteiger partial charge is 0.350 e. The molecule has 8 nitrogen and oxygen atoms in total. The Morgan fingerprint density at radius 2 is 1.62 bits per heavy atom. The normalized spacial score (nSPS) is 11.0. The number of sulfonamides is 1. The number of para-hydroxylation sites is 1. The van der Waals surface area contributed by atoms with Gasteiger partial charge in [0.05, 0.1) is 12.0 Å². The maximum Gasteiger partial charge on any atom is 0.323 e. The van der Waals surface area contributed by atoms with Crippen molar-refractivity contribution in [3.8, 4) is 0 Å². The number of nitrogens with one attached hydrogen (secondary N) is 3. The van der Waals surface area contributed by atoms with Gasteiger partial charge in [0.25, 0.3) is 10.0 Å². The summed E-state index contributed by atoms with van der Waals surface area (Å²) in [4.78, 5) is 18.4. The van der Waals surface area contributed by atoms with Crippen molar-refractivity contribution >= 4 is 33.1 Å². The van der Waals surface area contributed by atoms with Gasteiger partial charge in [-0.1, -0.05) is 18.2 Å². The topological polar surface area (TPSA) is 107 Å². The molecule has 3 aromatic rings. The van der Waals surface area contributed by atoms with E-state index in [0.29, 0.717) is 17.1 Å². The summed E-state index contributed by atoms with van der Waals surface area (Å²) in [5.74, 6) is 0. The van der Waals surface area contributed by atoms with Crippen LogP contribution in [-0.4, -0.2) is 31.5 Å². The second-order valence-corrected chi connectivity index (χ2v) is 7.29. The van der Waals surface area contributed by atoms with E-state index in [1.165, 1.54) is 19.6 Å². The Kier molecular flexibility index (Phi) is 4.90. The SMILES string of the molecule is CN(c1ccc(NC(=O)Nc2ccccc2)cc1)S(=O)(=O)c1c[nH]cn1. The van der Waals surface area contributed by atoms with E-state index < -0.39 is 10.0 Å². The van der Waals surface area contributed by atoms with Crippen LogP contribution in [0.3, 0.4) is 0 Å². The van der Waals surface area contributed by atoms with Crippen molar-refractivity contribution in [2.45, 2.75) is 5.03 Å². The van der Waals surface area contributed by atoms with Gasteiger partial charge in [-0.15, -0.1) is 0 Å². The second kappa shape index (κ2) is 7.28. The summed E-state index contributed by atoms with van der Waals surface area (Å²) < 4.78 is 26.0. The van der Waals surface area contributed by atoms with Crippen molar-refractivity contribution in [3.63, 3.8) is 0 Å². The Balaban J connectivity index is 1.67. The zero-order valence-corrected chi connectivity index (χ0v) is 14.7. The molecular formula is C17H17N5O3S. The summed E-state index contributed by atoms with van der Waals surface area (Å²) in [5.41, 5.74) is 1.65. The first-order chi connectivity index (χ1) is 12.5. The zero-order valence-electron chi connectivity index (χ0n) is 13.9. The van der Waals surface area contributed by atoms with Gasteiger partial charge >= 0.3 is 6.03 Å². The molecule has 0 unspecified atom stereocenters. The number of carbonyl (C=O) groups is 1. The Morgan fingerprint density at radius 1 is 1.00 bits per heavy atom. The molecule has 1 aromatic heterocycles. The fourth-order valence-electron chi connectivity index (χ4n) is 2.24. The number of aromatic amines is 1. The van der Waals surface area contributed by atoms with Gasteiger partial charge in [-0.3, -0.25) is 4.31 Å². The number of anilines is 3. The summed E-state index contributed by atoms with van der Waals surface area (Å²) >= 11 is 0. The first-order valence-electron chi connectivity index (χ1n) is 7.67. The van der Waals surface area contributed by atoms with Crippen molar-refractivity contribution in [2.24, 2.45) is 0 Å². The van der Waals surface area contributed by atoms with Gasteiger partial charge in [0.1, 0.15) is 0 Å². The highest BCUT2D eigenvalue weighted by Gasteiger charge is 2.23. The number of imidazole rings is 1. The summed E-state index contributed by atoms with van der Waals surface area (Å²) in [6, 6.07) is 15.1. The van der Waals surface area contributed by atoms with Crippen molar-refractivity contribution < 1.29 is 13.2 Å². The quantitative estimate of drug-likeness (QED) is 0.641. The Bertz CT molecular complexity index is 971. The van der Waals surface area contributed by atoms with Gasteiger partial charge in [-0.05, 0) is 36.4 Å². The van der Waals surface area contributed by atoms with E-state index in [9.17, 15) is 13.2 Å². The highest BCUT2D eigenvalue weighted by atomic mass is 32.2. The van der Waals surface area contributed by atoms with E-state index in [4.69, 9.17) is 0 Å². The molecule has 2 amide bonds. The molecule has 0 radical (unpaired) electrons. The van der Waals surface area contributed by atoms with Gasteiger partial charge in [-0.25, -0.2) is 9.78 Å². The van der Waals surface area contributed by atoms with E-state index in [-0.39, 0.29) is 11.1 Å². The molecule has 0 fully saturated rings. The Morgan fingerprint density at radius 3 is 2.19 bits per heavy atom. The number of rotatable bonds is 5. The van der Waals surface area contributed by atoms with Crippen LogP contribution in [0.2, 0.25) is 0 Å². The van der Waals surface area contributed by atoms with Crippen LogP contribution in [0.15, 0.2) is 72.1 Å². The van der Waals surface area contributed by atoms with E-state index in [1.807, 2.05) is 18.2 Å². The molecule has 0 atom stereocenters. The third-order valence-electron chi connectivity index (χ3n) is 3.62. The fourth-order valence-corrected chi connectivity index (χ4v) is 3.32. The average molecular weight is 371 g/mol. The smallest absolute Gasteiger partial charge is 0.323 e. The number of benzene rings is 2. The number of amides is 2. The van der Waals surface area contributed by atoms with E-state index in [1.54, 1.807) is 36.4 Å². The first-order valence-corrected chi connectivity index (χ1v) is 9.11. The maximum absolute atomic E-state index is 12.4. The molecule has 0 bridgehead atoms. The van der Waals surface area contributed by atoms with Gasteiger partial charge in [0.2, 0.25) is 0 Å². The van der Waals surface area contributed by atoms with E-state index in [2.05, 4.69) is 20.6 Å². The number of urea groups is 1. The zero-order chi connectivity index (χ0) is 18.6. The predicted octanol–water partition coefficient (Wildman–Crippen LogP) is 2.88. The molecule has 3 rings (SSSR count). The van der Waals surface area contributed by atoms with Crippen molar-refractivity contribution in [1.29, 1.82) is 0 Å². The van der Waals surface area contributed by atoms with Crippen LogP contribution >= 0.6 is 0 Å². The van der Waals surface area contributed by atoms with Crippen molar-refractivity contribution in [1.82, 2.24) is 9.97 Å². The standard InChI is InChI=1S/C17H17N5O3S/c1-22(26(24,25)16-11-18-12-19-16)15-9-7-14(8-10-15)21-17(23)20-13-5-3-2-4-6-13/h2-12H,1H3,(H,18,19)(H2,20,21,23). The molecule has 2 aromatic carbocycles. The molecule has 0 aliphatic carbocycles. The molecule has 0 aliphatic rings. The Labute approximate surface area is 150 Å². The first kappa shape index (κ1) is 17.5. The number of hydrogen-bond donors (Lipinski definition) is 3. The number of aromatic nitrogens is 2. The average Bonchev–Trinajstić information content (AvgIpc) is 3.18. The molecule has 0 spiro atoms. The molecule has 26 heavy (non-hydrogen) atoms. The molecule has 0 saturated heterocycles. The van der Waals surface area contributed by atoms with Crippen LogP contribution in [0.1, 0.15) is 0 Å². The third-order valence-corrected chi connectivity index (χ3v) is 5.30. The highest BCUT2D eigenvalue weighted by Crippen LogP contribution is 2.22. The lowest BCUT2D eigenvalue weighted by Crippen LogP contribution is -2.26. The van der Waals surface area contributed by atoms with Gasteiger partial charge in [-0.2, -0.15) is 8.42 Å². The van der Waals surface area contributed by atoms with Gasteiger partial charge in [0.15, 0.2) is 5.03 Å². The summed E-state index contributed by atoms with van der Waals surface area (Å²) in [6.45, 7) is 0. The molecule has 3 N–H and O–H groups in total. The summed E-state index contributed by atoms with van der Waals surface area (Å²) in [6.07, 6.45) is 2.62. The van der Waals surface area contributed by atoms with Crippen LogP contribution in [0.5, 0.6) is 0 Å². The fraction of sp³-hybridized carbons (Fsp3) is 0.0588. The minimum Gasteiger partial charge on any atom is -0.350 e. The van der Waals surface area contributed by atoms with Crippen LogP contribution in [0.4, 0.5) is 21.9 Å². The molecule has 9 heteroatoms. The number of hydrogen-bond acceptors (Lipinski definition) is 4. The van der Waals surface area contributed by atoms with Crippen LogP contribution in [0, 0.1) is 0 Å². The molecule has 134 valence electrons.